The lowest BCUT2D eigenvalue weighted by molar-refractivity contribution is 0.0674. The van der Waals surface area contributed by atoms with Gasteiger partial charge in [-0.05, 0) is 76.8 Å². The van der Waals surface area contributed by atoms with Crippen LogP contribution in [0, 0.1) is 6.92 Å². The number of carbonyl (C=O) groups excluding carboxylic acids is 1. The Hall–Kier alpha value is -2.58. The summed E-state index contributed by atoms with van der Waals surface area (Å²) in [5, 5.41) is 19.6. The Labute approximate surface area is 192 Å². The summed E-state index contributed by atoms with van der Waals surface area (Å²) in [4.78, 5) is 23.5. The lowest BCUT2D eigenvalue weighted by Crippen LogP contribution is -2.33. The fraction of sp³-hybridized carbons (Fsp3) is 0.500. The van der Waals surface area contributed by atoms with E-state index in [1.54, 1.807) is 22.2 Å². The Morgan fingerprint density at radius 1 is 1.38 bits per heavy atom. The van der Waals surface area contributed by atoms with E-state index in [1.807, 2.05) is 51.4 Å². The average Bonchev–Trinajstić information content (AvgIpc) is 3.23. The first-order chi connectivity index (χ1) is 15.2. The second-order valence-electron chi connectivity index (χ2n) is 9.39. The van der Waals surface area contributed by atoms with Crippen molar-refractivity contribution in [3.63, 3.8) is 0 Å². The molecule has 0 aromatic carbocycles. The smallest absolute Gasteiger partial charge is 0.254 e. The molecule has 1 atom stereocenters. The van der Waals surface area contributed by atoms with Gasteiger partial charge in [0.1, 0.15) is 0 Å². The Bertz CT molecular complexity index is 1080. The number of carbonyl (C=O) groups is 1. The maximum atomic E-state index is 13.1. The number of thiophene rings is 1. The summed E-state index contributed by atoms with van der Waals surface area (Å²) in [6.45, 7) is 7.62. The fourth-order valence-corrected chi connectivity index (χ4v) is 4.63. The van der Waals surface area contributed by atoms with Crippen LogP contribution in [0.25, 0.3) is 16.5 Å². The van der Waals surface area contributed by atoms with Gasteiger partial charge in [-0.1, -0.05) is 6.07 Å². The first-order valence-electron chi connectivity index (χ1n) is 11.2. The summed E-state index contributed by atoms with van der Waals surface area (Å²) in [7, 11) is 0. The first-order valence-corrected chi connectivity index (χ1v) is 12.1. The van der Waals surface area contributed by atoms with E-state index < -0.39 is 5.60 Å². The molecule has 32 heavy (non-hydrogen) atoms. The van der Waals surface area contributed by atoms with E-state index in [4.69, 9.17) is 4.98 Å². The van der Waals surface area contributed by atoms with E-state index >= 15 is 0 Å². The Morgan fingerprint density at radius 3 is 2.81 bits per heavy atom. The first kappa shape index (κ1) is 22.6. The van der Waals surface area contributed by atoms with Crippen LogP contribution in [0.3, 0.4) is 0 Å². The van der Waals surface area contributed by atoms with Crippen LogP contribution in [0.2, 0.25) is 0 Å². The molecular weight excluding hydrogens is 422 g/mol. The quantitative estimate of drug-likeness (QED) is 0.492. The van der Waals surface area contributed by atoms with Crippen molar-refractivity contribution in [3.05, 3.63) is 46.7 Å². The average molecular weight is 454 g/mol. The van der Waals surface area contributed by atoms with Crippen LogP contribution in [-0.4, -0.2) is 42.4 Å². The third-order valence-electron chi connectivity index (χ3n) is 5.72. The van der Waals surface area contributed by atoms with Crippen molar-refractivity contribution in [2.75, 3.05) is 0 Å². The molecule has 7 nitrogen and oxygen atoms in total. The van der Waals surface area contributed by atoms with Crippen molar-refractivity contribution in [1.82, 2.24) is 25.1 Å². The van der Waals surface area contributed by atoms with E-state index in [-0.39, 0.29) is 11.9 Å². The number of hydrogen-bond donors (Lipinski definition) is 2. The maximum Gasteiger partial charge on any atom is 0.254 e. The highest BCUT2D eigenvalue weighted by Crippen LogP contribution is 2.42. The van der Waals surface area contributed by atoms with Crippen molar-refractivity contribution < 1.29 is 9.90 Å². The molecule has 0 spiro atoms. The number of rotatable bonds is 9. The normalized spacial score (nSPS) is 15.0. The zero-order valence-electron chi connectivity index (χ0n) is 19.1. The van der Waals surface area contributed by atoms with Crippen LogP contribution in [-0.2, 0) is 0 Å². The highest BCUT2D eigenvalue weighted by molar-refractivity contribution is 7.13. The molecule has 0 aliphatic heterocycles. The number of aliphatic hydroxyl groups is 1. The zero-order valence-corrected chi connectivity index (χ0v) is 19.9. The lowest BCUT2D eigenvalue weighted by atomic mass is 9.99. The summed E-state index contributed by atoms with van der Waals surface area (Å²) >= 11 is 1.64. The van der Waals surface area contributed by atoms with Gasteiger partial charge in [-0.3, -0.25) is 4.79 Å². The molecule has 3 aromatic rings. The summed E-state index contributed by atoms with van der Waals surface area (Å²) in [5.74, 6) is 0.691. The Morgan fingerprint density at radius 2 is 2.16 bits per heavy atom. The summed E-state index contributed by atoms with van der Waals surface area (Å²) < 4.78 is 1.74. The summed E-state index contributed by atoms with van der Waals surface area (Å²) in [6, 6.07) is 4.07. The molecule has 0 unspecified atom stereocenters. The molecule has 1 aliphatic rings. The van der Waals surface area contributed by atoms with Crippen molar-refractivity contribution in [2.45, 2.75) is 77.4 Å². The number of nitrogens with zero attached hydrogens (tertiary/aromatic N) is 4. The Kier molecular flexibility index (Phi) is 6.44. The number of amides is 1. The van der Waals surface area contributed by atoms with Crippen molar-refractivity contribution >= 4 is 17.2 Å². The molecule has 1 aliphatic carbocycles. The second kappa shape index (κ2) is 9.11. The van der Waals surface area contributed by atoms with E-state index in [2.05, 4.69) is 15.4 Å². The molecule has 8 heteroatoms. The molecule has 3 heterocycles. The lowest BCUT2D eigenvalue weighted by Gasteiger charge is -2.19. The van der Waals surface area contributed by atoms with Gasteiger partial charge in [0.2, 0.25) is 0 Å². The third kappa shape index (κ3) is 5.24. The van der Waals surface area contributed by atoms with Gasteiger partial charge in [0, 0.05) is 18.2 Å². The van der Waals surface area contributed by atoms with Crippen molar-refractivity contribution in [3.8, 4) is 16.5 Å². The van der Waals surface area contributed by atoms with Gasteiger partial charge in [-0.2, -0.15) is 5.10 Å². The second-order valence-corrected chi connectivity index (χ2v) is 10.3. The number of aryl methyl sites for hydroxylation is 1. The molecule has 3 aromatic heterocycles. The van der Waals surface area contributed by atoms with E-state index in [1.165, 1.54) is 0 Å². The SMILES string of the molecule is Cc1cnc(-n2ncc(C(=O)N[C@H](C)CCCC(C)(C)O)c2C2CC2)nc1-c1cccs1. The minimum atomic E-state index is -0.681. The van der Waals surface area contributed by atoms with Crippen LogP contribution in [0.5, 0.6) is 0 Å². The molecule has 170 valence electrons. The molecule has 1 fully saturated rings. The van der Waals surface area contributed by atoms with Crippen LogP contribution >= 0.6 is 11.3 Å². The van der Waals surface area contributed by atoms with Gasteiger partial charge in [0.15, 0.2) is 0 Å². The largest absolute Gasteiger partial charge is 0.390 e. The minimum absolute atomic E-state index is 0.0151. The molecular formula is C24H31N5O2S. The molecule has 2 N–H and O–H groups in total. The number of hydrogen-bond acceptors (Lipinski definition) is 6. The molecule has 0 saturated heterocycles. The van der Waals surface area contributed by atoms with Gasteiger partial charge in [0.05, 0.1) is 33.6 Å². The minimum Gasteiger partial charge on any atom is -0.390 e. The van der Waals surface area contributed by atoms with Gasteiger partial charge in [-0.15, -0.1) is 11.3 Å². The van der Waals surface area contributed by atoms with E-state index in [9.17, 15) is 9.90 Å². The van der Waals surface area contributed by atoms with Crippen molar-refractivity contribution in [2.24, 2.45) is 0 Å². The number of nitrogens with one attached hydrogen (secondary N) is 1. The van der Waals surface area contributed by atoms with Gasteiger partial charge in [-0.25, -0.2) is 14.6 Å². The van der Waals surface area contributed by atoms with Crippen molar-refractivity contribution in [1.29, 1.82) is 0 Å². The van der Waals surface area contributed by atoms with Crippen LogP contribution in [0.15, 0.2) is 29.9 Å². The predicted octanol–water partition coefficient (Wildman–Crippen LogP) is 4.64. The molecule has 4 rings (SSSR count). The highest BCUT2D eigenvalue weighted by Gasteiger charge is 2.34. The molecule has 0 radical (unpaired) electrons. The monoisotopic (exact) mass is 453 g/mol. The topological polar surface area (TPSA) is 92.9 Å². The van der Waals surface area contributed by atoms with E-state index in [0.717, 1.165) is 47.5 Å². The van der Waals surface area contributed by atoms with Crippen LogP contribution in [0.4, 0.5) is 0 Å². The highest BCUT2D eigenvalue weighted by atomic mass is 32.1. The number of aromatic nitrogens is 4. The van der Waals surface area contributed by atoms with Gasteiger partial charge in [0.25, 0.3) is 11.9 Å². The van der Waals surface area contributed by atoms with Crippen LogP contribution < -0.4 is 5.32 Å². The maximum absolute atomic E-state index is 13.1. The predicted molar refractivity (Wildman–Crippen MR) is 126 cm³/mol. The summed E-state index contributed by atoms with van der Waals surface area (Å²) in [6.07, 6.45) is 7.90. The third-order valence-corrected chi connectivity index (χ3v) is 6.60. The van der Waals surface area contributed by atoms with Gasteiger partial charge >= 0.3 is 0 Å². The fourth-order valence-electron chi connectivity index (χ4n) is 3.85. The Balaban J connectivity index is 1.55. The van der Waals surface area contributed by atoms with E-state index in [0.29, 0.717) is 23.9 Å². The van der Waals surface area contributed by atoms with Crippen LogP contribution in [0.1, 0.15) is 80.4 Å². The molecule has 1 saturated carbocycles. The molecule has 0 bridgehead atoms. The zero-order chi connectivity index (χ0) is 22.9. The molecule has 1 amide bonds. The standard InChI is InChI=1S/C24H31N5O2S/c1-15-13-25-23(28-20(15)19-8-6-12-32-19)29-21(17-9-10-17)18(14-26-29)22(30)27-16(2)7-5-11-24(3,4)31/h6,8,12-14,16-17,31H,5,7,9-11H2,1-4H3,(H,27,30)/t16-/m1/s1. The van der Waals surface area contributed by atoms with Gasteiger partial charge < -0.3 is 10.4 Å². The summed E-state index contributed by atoms with van der Waals surface area (Å²) in [5.41, 5.74) is 2.72.